The molecule has 1 saturated heterocycles. The maximum Gasteiger partial charge on any atom is 0.335 e. The number of nitrogens with one attached hydrogen (secondary N) is 1. The molecule has 1 aromatic heterocycles. The number of benzene rings is 1. The number of aryl methyl sites for hydroxylation is 1. The van der Waals surface area contributed by atoms with Crippen molar-refractivity contribution in [1.82, 2.24) is 9.78 Å². The van der Waals surface area contributed by atoms with Gasteiger partial charge in [-0.1, -0.05) is 12.1 Å². The van der Waals surface area contributed by atoms with Gasteiger partial charge in [-0.2, -0.15) is 5.10 Å². The average molecular weight is 389 g/mol. The summed E-state index contributed by atoms with van der Waals surface area (Å²) in [5, 5.41) is 16.5. The van der Waals surface area contributed by atoms with Crippen molar-refractivity contribution < 1.29 is 23.1 Å². The van der Waals surface area contributed by atoms with E-state index in [0.29, 0.717) is 12.2 Å². The molecule has 1 amide bonds. The van der Waals surface area contributed by atoms with Crippen LogP contribution < -0.4 is 5.32 Å². The number of nitrogens with zero attached hydrogens (tertiary/aromatic N) is 2. The van der Waals surface area contributed by atoms with Crippen LogP contribution in [0.4, 0.5) is 5.82 Å². The van der Waals surface area contributed by atoms with E-state index in [4.69, 9.17) is 5.11 Å². The van der Waals surface area contributed by atoms with E-state index in [1.54, 1.807) is 16.8 Å². The van der Waals surface area contributed by atoms with E-state index in [1.807, 2.05) is 6.92 Å². The lowest BCUT2D eigenvalue weighted by Gasteiger charge is -2.25. The van der Waals surface area contributed by atoms with Crippen LogP contribution in [0.15, 0.2) is 24.3 Å². The molecule has 0 saturated carbocycles. The molecule has 0 spiro atoms. The number of carboxylic acids is 1. The van der Waals surface area contributed by atoms with Gasteiger partial charge in [0.2, 0.25) is 5.91 Å². The third-order valence-corrected chi connectivity index (χ3v) is 6.99. The van der Waals surface area contributed by atoms with Crippen molar-refractivity contribution in [3.05, 3.63) is 46.6 Å². The van der Waals surface area contributed by atoms with Crippen LogP contribution in [-0.2, 0) is 14.6 Å². The fraction of sp³-hybridized carbons (Fsp3) is 0.389. The minimum atomic E-state index is -3.08. The summed E-state index contributed by atoms with van der Waals surface area (Å²) in [5.41, 5.74) is 2.61. The molecule has 2 aliphatic heterocycles. The third-order valence-electron chi connectivity index (χ3n) is 5.24. The number of carbonyl (C=O) groups excluding carboxylic acids is 1. The molecule has 2 aromatic rings. The van der Waals surface area contributed by atoms with Crippen LogP contribution in [0.2, 0.25) is 0 Å². The minimum absolute atomic E-state index is 0.0222. The van der Waals surface area contributed by atoms with Crippen LogP contribution in [-0.4, -0.2) is 46.7 Å². The minimum Gasteiger partial charge on any atom is -0.478 e. The second-order valence-electron chi connectivity index (χ2n) is 7.08. The number of amides is 1. The molecule has 0 bridgehead atoms. The van der Waals surface area contributed by atoms with E-state index in [2.05, 4.69) is 10.4 Å². The first kappa shape index (κ1) is 17.7. The number of carboxylic acid groups (broad SMARTS) is 1. The highest BCUT2D eigenvalue weighted by Crippen LogP contribution is 2.41. The molecule has 8 nitrogen and oxygen atoms in total. The number of hydrogen-bond donors (Lipinski definition) is 2. The molecule has 2 atom stereocenters. The first-order valence-corrected chi connectivity index (χ1v) is 10.5. The van der Waals surface area contributed by atoms with Gasteiger partial charge in [0.05, 0.1) is 28.8 Å². The topological polar surface area (TPSA) is 118 Å². The van der Waals surface area contributed by atoms with Gasteiger partial charge in [0.1, 0.15) is 5.82 Å². The van der Waals surface area contributed by atoms with Gasteiger partial charge >= 0.3 is 5.97 Å². The maximum absolute atomic E-state index is 12.3. The fourth-order valence-corrected chi connectivity index (χ4v) is 5.64. The Morgan fingerprint density at radius 2 is 2.00 bits per heavy atom. The SMILES string of the molecule is Cc1nn([C@H]2CCS(=O)(=O)C2)c2c1[C@@H](c1ccc(C(=O)O)cc1)CC(=O)N2. The van der Waals surface area contributed by atoms with Gasteiger partial charge in [-0.05, 0) is 31.0 Å². The lowest BCUT2D eigenvalue weighted by molar-refractivity contribution is -0.116. The summed E-state index contributed by atoms with van der Waals surface area (Å²) in [6, 6.07) is 6.19. The number of rotatable bonds is 3. The number of aromatic nitrogens is 2. The second kappa shape index (κ2) is 6.19. The van der Waals surface area contributed by atoms with Gasteiger partial charge in [0.25, 0.3) is 0 Å². The first-order valence-electron chi connectivity index (χ1n) is 8.67. The van der Waals surface area contributed by atoms with E-state index >= 15 is 0 Å². The van der Waals surface area contributed by atoms with Crippen molar-refractivity contribution in [2.24, 2.45) is 0 Å². The normalized spacial score (nSPS) is 23.7. The molecular formula is C18H19N3O5S. The Bertz CT molecular complexity index is 1040. The van der Waals surface area contributed by atoms with E-state index in [0.717, 1.165) is 16.8 Å². The Morgan fingerprint density at radius 1 is 1.30 bits per heavy atom. The molecule has 0 radical (unpaired) electrons. The predicted octanol–water partition coefficient (Wildman–Crippen LogP) is 1.72. The van der Waals surface area contributed by atoms with Crippen molar-refractivity contribution in [2.75, 3.05) is 16.8 Å². The molecule has 1 aromatic carbocycles. The van der Waals surface area contributed by atoms with Crippen molar-refractivity contribution in [2.45, 2.75) is 31.7 Å². The van der Waals surface area contributed by atoms with Gasteiger partial charge in [-0.3, -0.25) is 4.79 Å². The molecule has 4 rings (SSSR count). The third kappa shape index (κ3) is 3.12. The second-order valence-corrected chi connectivity index (χ2v) is 9.31. The molecule has 9 heteroatoms. The molecule has 142 valence electrons. The number of carbonyl (C=O) groups is 2. The lowest BCUT2D eigenvalue weighted by atomic mass is 9.85. The molecule has 27 heavy (non-hydrogen) atoms. The van der Waals surface area contributed by atoms with Gasteiger partial charge < -0.3 is 10.4 Å². The van der Waals surface area contributed by atoms with E-state index in [-0.39, 0.29) is 41.4 Å². The molecule has 2 N–H and O–H groups in total. The largest absolute Gasteiger partial charge is 0.478 e. The zero-order valence-corrected chi connectivity index (χ0v) is 15.5. The standard InChI is InChI=1S/C18H19N3O5S/c1-10-16-14(11-2-4-12(5-3-11)18(23)24)8-15(22)19-17(16)21(20-10)13-6-7-27(25,26)9-13/h2-5,13-14H,6-9H2,1H3,(H,19,22)(H,23,24)/t13-,14+/m0/s1. The molecule has 0 aliphatic carbocycles. The van der Waals surface area contributed by atoms with Crippen molar-refractivity contribution in [3.8, 4) is 0 Å². The Kier molecular flexibility index (Phi) is 4.06. The monoisotopic (exact) mass is 389 g/mol. The first-order chi connectivity index (χ1) is 12.7. The van der Waals surface area contributed by atoms with Crippen LogP contribution >= 0.6 is 0 Å². The number of hydrogen-bond acceptors (Lipinski definition) is 5. The maximum atomic E-state index is 12.3. The Balaban J connectivity index is 1.76. The zero-order valence-electron chi connectivity index (χ0n) is 14.7. The van der Waals surface area contributed by atoms with Crippen molar-refractivity contribution in [3.63, 3.8) is 0 Å². The number of sulfone groups is 1. The van der Waals surface area contributed by atoms with Crippen molar-refractivity contribution >= 4 is 27.5 Å². The highest BCUT2D eigenvalue weighted by atomic mass is 32.2. The van der Waals surface area contributed by atoms with E-state index in [9.17, 15) is 18.0 Å². The average Bonchev–Trinajstić information content (AvgIpc) is 3.13. The predicted molar refractivity (Wildman–Crippen MR) is 97.8 cm³/mol. The summed E-state index contributed by atoms with van der Waals surface area (Å²) in [6.45, 7) is 1.84. The molecule has 0 unspecified atom stereocenters. The van der Waals surface area contributed by atoms with E-state index < -0.39 is 15.8 Å². The van der Waals surface area contributed by atoms with E-state index in [1.165, 1.54) is 12.1 Å². The van der Waals surface area contributed by atoms with Gasteiger partial charge in [0, 0.05) is 17.9 Å². The number of anilines is 1. The smallest absolute Gasteiger partial charge is 0.335 e. The Labute approximate surface area is 156 Å². The van der Waals surface area contributed by atoms with Gasteiger partial charge in [-0.15, -0.1) is 0 Å². The summed E-state index contributed by atoms with van der Waals surface area (Å²) in [6.07, 6.45) is 0.707. The quantitative estimate of drug-likeness (QED) is 0.825. The summed E-state index contributed by atoms with van der Waals surface area (Å²) in [7, 11) is -3.08. The number of fused-ring (bicyclic) bond motifs is 1. The lowest BCUT2D eigenvalue weighted by Crippen LogP contribution is -2.26. The Morgan fingerprint density at radius 3 is 2.59 bits per heavy atom. The van der Waals surface area contributed by atoms with Crippen molar-refractivity contribution in [1.29, 1.82) is 0 Å². The zero-order chi connectivity index (χ0) is 19.3. The Hall–Kier alpha value is -2.68. The molecule has 1 fully saturated rings. The van der Waals surface area contributed by atoms with Gasteiger partial charge in [0.15, 0.2) is 9.84 Å². The highest BCUT2D eigenvalue weighted by Gasteiger charge is 2.37. The molecular weight excluding hydrogens is 370 g/mol. The number of aromatic carboxylic acids is 1. The van der Waals surface area contributed by atoms with Gasteiger partial charge in [-0.25, -0.2) is 17.9 Å². The highest BCUT2D eigenvalue weighted by molar-refractivity contribution is 7.91. The van der Waals surface area contributed by atoms with Crippen LogP contribution in [0, 0.1) is 6.92 Å². The van der Waals surface area contributed by atoms with Crippen LogP contribution in [0.3, 0.4) is 0 Å². The summed E-state index contributed by atoms with van der Waals surface area (Å²) >= 11 is 0. The van der Waals surface area contributed by atoms with Crippen LogP contribution in [0.1, 0.15) is 52.0 Å². The molecule has 2 aliphatic rings. The van der Waals surface area contributed by atoms with Crippen LogP contribution in [0.25, 0.3) is 0 Å². The summed E-state index contributed by atoms with van der Waals surface area (Å²) in [4.78, 5) is 23.4. The summed E-state index contributed by atoms with van der Waals surface area (Å²) in [5.74, 6) is -0.721. The molecule has 3 heterocycles. The fourth-order valence-electron chi connectivity index (χ4n) is 3.95. The summed E-state index contributed by atoms with van der Waals surface area (Å²) < 4.78 is 25.3. The van der Waals surface area contributed by atoms with Crippen LogP contribution in [0.5, 0.6) is 0 Å².